The van der Waals surface area contributed by atoms with E-state index >= 15 is 0 Å². The molecule has 1 aromatic carbocycles. The minimum atomic E-state index is -0.885. The summed E-state index contributed by atoms with van der Waals surface area (Å²) in [5.74, 6) is -0.406. The molecule has 0 aromatic heterocycles. The number of nitrogens with zero attached hydrogens (tertiary/aromatic N) is 1. The minimum Gasteiger partial charge on any atom is -0.481 e. The van der Waals surface area contributed by atoms with Gasteiger partial charge in [0, 0.05) is 12.6 Å². The van der Waals surface area contributed by atoms with Gasteiger partial charge < -0.3 is 14.7 Å². The van der Waals surface area contributed by atoms with Crippen LogP contribution in [-0.2, 0) is 4.79 Å². The number of carboxylic acids is 1. The van der Waals surface area contributed by atoms with Gasteiger partial charge >= 0.3 is 12.1 Å². The van der Waals surface area contributed by atoms with E-state index in [9.17, 15) is 9.59 Å². The Labute approximate surface area is 111 Å². The van der Waals surface area contributed by atoms with Crippen molar-refractivity contribution in [1.29, 1.82) is 0 Å². The Balaban J connectivity index is 2.01. The van der Waals surface area contributed by atoms with Crippen LogP contribution in [0.25, 0.3) is 0 Å². The number of likely N-dealkylation sites (tertiary alicyclic amines) is 1. The van der Waals surface area contributed by atoms with Crippen molar-refractivity contribution in [2.45, 2.75) is 31.7 Å². The third kappa shape index (κ3) is 3.71. The number of ether oxygens (including phenoxy) is 1. The Bertz CT molecular complexity index is 446. The van der Waals surface area contributed by atoms with E-state index in [1.165, 1.54) is 4.90 Å². The van der Waals surface area contributed by atoms with Crippen LogP contribution in [0.1, 0.15) is 25.7 Å². The van der Waals surface area contributed by atoms with Gasteiger partial charge in [-0.25, -0.2) is 4.79 Å². The Morgan fingerprint density at radius 3 is 2.68 bits per heavy atom. The van der Waals surface area contributed by atoms with E-state index in [0.29, 0.717) is 12.3 Å². The second-order valence-electron chi connectivity index (χ2n) is 4.62. The van der Waals surface area contributed by atoms with E-state index in [2.05, 4.69) is 0 Å². The molecule has 1 aromatic rings. The first kappa shape index (κ1) is 13.4. The summed E-state index contributed by atoms with van der Waals surface area (Å²) >= 11 is 0. The van der Waals surface area contributed by atoms with E-state index in [1.807, 2.05) is 6.07 Å². The fourth-order valence-electron chi connectivity index (χ4n) is 2.30. The van der Waals surface area contributed by atoms with Gasteiger partial charge in [-0.05, 0) is 31.4 Å². The van der Waals surface area contributed by atoms with Crippen molar-refractivity contribution in [3.63, 3.8) is 0 Å². The van der Waals surface area contributed by atoms with Gasteiger partial charge in [0.25, 0.3) is 0 Å². The van der Waals surface area contributed by atoms with Crippen molar-refractivity contribution in [2.24, 2.45) is 0 Å². The number of carbonyl (C=O) groups is 2. The number of benzene rings is 1. The van der Waals surface area contributed by atoms with E-state index in [-0.39, 0.29) is 12.5 Å². The number of rotatable bonds is 3. The molecule has 0 aliphatic carbocycles. The predicted molar refractivity (Wildman–Crippen MR) is 69.1 cm³/mol. The molecule has 0 saturated carbocycles. The first-order chi connectivity index (χ1) is 9.16. The summed E-state index contributed by atoms with van der Waals surface area (Å²) in [5.41, 5.74) is 0. The lowest BCUT2D eigenvalue weighted by atomic mass is 10.00. The zero-order valence-corrected chi connectivity index (χ0v) is 10.6. The molecule has 1 atom stereocenters. The Morgan fingerprint density at radius 1 is 1.26 bits per heavy atom. The Hall–Kier alpha value is -2.04. The number of aliphatic carboxylic acids is 1. The van der Waals surface area contributed by atoms with Crippen molar-refractivity contribution in [3.05, 3.63) is 30.3 Å². The molecule has 19 heavy (non-hydrogen) atoms. The number of amides is 1. The van der Waals surface area contributed by atoms with Crippen LogP contribution in [0, 0.1) is 0 Å². The molecule has 0 spiro atoms. The standard InChI is InChI=1S/C14H17NO4/c16-13(17)10-11-6-4-5-9-15(11)14(18)19-12-7-2-1-3-8-12/h1-3,7-8,11H,4-6,9-10H2,(H,16,17). The fraction of sp³-hybridized carbons (Fsp3) is 0.429. The maximum absolute atomic E-state index is 12.1. The van der Waals surface area contributed by atoms with E-state index in [1.54, 1.807) is 24.3 Å². The molecule has 5 nitrogen and oxygen atoms in total. The normalized spacial score (nSPS) is 18.9. The van der Waals surface area contributed by atoms with Gasteiger partial charge in [-0.2, -0.15) is 0 Å². The lowest BCUT2D eigenvalue weighted by Gasteiger charge is -2.33. The zero-order chi connectivity index (χ0) is 13.7. The van der Waals surface area contributed by atoms with Crippen LogP contribution in [0.5, 0.6) is 5.75 Å². The number of carbonyl (C=O) groups excluding carboxylic acids is 1. The van der Waals surface area contributed by atoms with Gasteiger partial charge in [0.1, 0.15) is 5.75 Å². The van der Waals surface area contributed by atoms with Gasteiger partial charge in [0.2, 0.25) is 0 Å². The lowest BCUT2D eigenvalue weighted by molar-refractivity contribution is -0.138. The minimum absolute atomic E-state index is 0.0239. The third-order valence-electron chi connectivity index (χ3n) is 3.22. The molecule has 2 rings (SSSR count). The first-order valence-corrected chi connectivity index (χ1v) is 6.42. The average Bonchev–Trinajstić information content (AvgIpc) is 2.39. The summed E-state index contributed by atoms with van der Waals surface area (Å²) in [4.78, 5) is 24.4. The summed E-state index contributed by atoms with van der Waals surface area (Å²) in [6.45, 7) is 0.559. The molecule has 102 valence electrons. The molecular weight excluding hydrogens is 246 g/mol. The summed E-state index contributed by atoms with van der Waals surface area (Å²) in [7, 11) is 0. The molecule has 1 unspecified atom stereocenters. The van der Waals surface area contributed by atoms with Crippen LogP contribution in [0.15, 0.2) is 30.3 Å². The highest BCUT2D eigenvalue weighted by atomic mass is 16.6. The van der Waals surface area contributed by atoms with E-state index in [4.69, 9.17) is 9.84 Å². The van der Waals surface area contributed by atoms with Gasteiger partial charge in [-0.15, -0.1) is 0 Å². The van der Waals surface area contributed by atoms with Crippen LogP contribution in [0.2, 0.25) is 0 Å². The maximum atomic E-state index is 12.1. The molecular formula is C14H17NO4. The monoisotopic (exact) mass is 263 g/mol. The van der Waals surface area contributed by atoms with Crippen molar-refractivity contribution in [3.8, 4) is 5.75 Å². The van der Waals surface area contributed by atoms with E-state index < -0.39 is 12.1 Å². The van der Waals surface area contributed by atoms with Gasteiger partial charge in [-0.3, -0.25) is 4.79 Å². The van der Waals surface area contributed by atoms with Crippen LogP contribution < -0.4 is 4.74 Å². The highest BCUT2D eigenvalue weighted by Gasteiger charge is 2.29. The van der Waals surface area contributed by atoms with Gasteiger partial charge in [-0.1, -0.05) is 18.2 Å². The SMILES string of the molecule is O=C(O)CC1CCCCN1C(=O)Oc1ccccc1. The molecule has 1 heterocycles. The molecule has 1 amide bonds. The van der Waals surface area contributed by atoms with Crippen LogP contribution >= 0.6 is 0 Å². The second kappa shape index (κ2) is 6.22. The number of para-hydroxylation sites is 1. The third-order valence-corrected chi connectivity index (χ3v) is 3.22. The molecule has 1 N–H and O–H groups in total. The van der Waals surface area contributed by atoms with Gasteiger partial charge in [0.05, 0.1) is 6.42 Å². The van der Waals surface area contributed by atoms with Crippen molar-refractivity contribution in [2.75, 3.05) is 6.54 Å². The van der Waals surface area contributed by atoms with Crippen LogP contribution in [0.4, 0.5) is 4.79 Å². The first-order valence-electron chi connectivity index (χ1n) is 6.42. The molecule has 0 bridgehead atoms. The molecule has 0 radical (unpaired) electrons. The highest BCUT2D eigenvalue weighted by Crippen LogP contribution is 2.21. The van der Waals surface area contributed by atoms with Gasteiger partial charge in [0.15, 0.2) is 0 Å². The number of carboxylic acid groups (broad SMARTS) is 1. The Morgan fingerprint density at radius 2 is 2.00 bits per heavy atom. The van der Waals surface area contributed by atoms with Crippen molar-refractivity contribution in [1.82, 2.24) is 4.90 Å². The largest absolute Gasteiger partial charge is 0.481 e. The van der Waals surface area contributed by atoms with Crippen molar-refractivity contribution >= 4 is 12.1 Å². The van der Waals surface area contributed by atoms with Crippen LogP contribution in [-0.4, -0.2) is 34.7 Å². The number of hydrogen-bond donors (Lipinski definition) is 1. The Kier molecular flexibility index (Phi) is 4.39. The van der Waals surface area contributed by atoms with E-state index in [0.717, 1.165) is 19.3 Å². The molecule has 1 aliphatic heterocycles. The summed E-state index contributed by atoms with van der Waals surface area (Å²) < 4.78 is 5.26. The quantitative estimate of drug-likeness (QED) is 0.909. The summed E-state index contributed by atoms with van der Waals surface area (Å²) in [6, 6.07) is 8.55. The predicted octanol–water partition coefficient (Wildman–Crippen LogP) is 2.51. The summed E-state index contributed by atoms with van der Waals surface area (Å²) in [6.07, 6.45) is 2.07. The lowest BCUT2D eigenvalue weighted by Crippen LogP contribution is -2.46. The molecule has 1 fully saturated rings. The average molecular weight is 263 g/mol. The number of piperidine rings is 1. The van der Waals surface area contributed by atoms with Crippen molar-refractivity contribution < 1.29 is 19.4 Å². The summed E-state index contributed by atoms with van der Waals surface area (Å²) in [5, 5.41) is 8.88. The molecule has 1 saturated heterocycles. The highest BCUT2D eigenvalue weighted by molar-refractivity contribution is 5.73. The second-order valence-corrected chi connectivity index (χ2v) is 4.62. The smallest absolute Gasteiger partial charge is 0.415 e. The molecule has 1 aliphatic rings. The fourth-order valence-corrected chi connectivity index (χ4v) is 2.30. The maximum Gasteiger partial charge on any atom is 0.415 e. The zero-order valence-electron chi connectivity index (χ0n) is 10.6. The molecule has 5 heteroatoms. The topological polar surface area (TPSA) is 66.8 Å². The van der Waals surface area contributed by atoms with Crippen LogP contribution in [0.3, 0.4) is 0 Å². The number of hydrogen-bond acceptors (Lipinski definition) is 3.